The number of hydrogen-bond donors (Lipinski definition) is 0. The van der Waals surface area contributed by atoms with E-state index in [0.717, 1.165) is 23.4 Å². The summed E-state index contributed by atoms with van der Waals surface area (Å²) in [5, 5.41) is 4.98. The molecule has 0 unspecified atom stereocenters. The van der Waals surface area contributed by atoms with Gasteiger partial charge in [-0.2, -0.15) is 0 Å². The van der Waals surface area contributed by atoms with Crippen LogP contribution in [0.25, 0.3) is 44.0 Å². The van der Waals surface area contributed by atoms with Crippen molar-refractivity contribution in [2.75, 3.05) is 0 Å². The van der Waals surface area contributed by atoms with Crippen molar-refractivity contribution >= 4 is 32.6 Å². The Morgan fingerprint density at radius 2 is 1.47 bits per heavy atom. The van der Waals surface area contributed by atoms with Gasteiger partial charge in [0.25, 0.3) is 0 Å². The molecule has 6 rings (SSSR count). The lowest BCUT2D eigenvalue weighted by Crippen LogP contribution is -2.01. The van der Waals surface area contributed by atoms with Gasteiger partial charge >= 0.3 is 0 Å². The lowest BCUT2D eigenvalue weighted by atomic mass is 10.1. The van der Waals surface area contributed by atoms with Crippen molar-refractivity contribution in [3.05, 3.63) is 109 Å². The molecule has 0 aliphatic carbocycles. The summed E-state index contributed by atoms with van der Waals surface area (Å²) in [6, 6.07) is 31.9. The molecule has 0 spiro atoms. The van der Waals surface area contributed by atoms with E-state index in [9.17, 15) is 0 Å². The number of pyridine rings is 2. The topological polar surface area (TPSA) is 30.7 Å². The second-order valence-corrected chi connectivity index (χ2v) is 7.56. The Hall–Kier alpha value is -3.98. The van der Waals surface area contributed by atoms with Gasteiger partial charge in [0, 0.05) is 35.2 Å². The van der Waals surface area contributed by atoms with Crippen molar-refractivity contribution in [2.45, 2.75) is 6.54 Å². The van der Waals surface area contributed by atoms with E-state index >= 15 is 0 Å². The van der Waals surface area contributed by atoms with Crippen LogP contribution in [0, 0.1) is 0 Å². The molecule has 142 valence electrons. The van der Waals surface area contributed by atoms with Crippen LogP contribution in [0.1, 0.15) is 5.56 Å². The monoisotopic (exact) mass is 385 g/mol. The molecule has 0 radical (unpaired) electrons. The molecule has 0 N–H and O–H groups in total. The van der Waals surface area contributed by atoms with Crippen LogP contribution >= 0.6 is 0 Å². The zero-order valence-electron chi connectivity index (χ0n) is 16.4. The van der Waals surface area contributed by atoms with Crippen molar-refractivity contribution < 1.29 is 0 Å². The standard InChI is InChI=1S/C27H19N3/c1-2-8-21-17-19(12-13-20(21)7-1)18-30-25-11-4-3-9-22(25)23-14-16-29-26(27(23)30)24-10-5-6-15-28-24/h1-17H,18H2. The third kappa shape index (κ3) is 2.67. The Kier molecular flexibility index (Phi) is 3.85. The first kappa shape index (κ1) is 16.9. The normalized spacial score (nSPS) is 11.5. The van der Waals surface area contributed by atoms with Crippen LogP contribution in [-0.2, 0) is 6.54 Å². The van der Waals surface area contributed by atoms with E-state index in [4.69, 9.17) is 4.98 Å². The predicted molar refractivity (Wildman–Crippen MR) is 124 cm³/mol. The number of hydrogen-bond acceptors (Lipinski definition) is 2. The second kappa shape index (κ2) is 6.82. The molecule has 0 aliphatic heterocycles. The SMILES string of the molecule is c1ccc(-c2nccc3c4ccccc4n(Cc4ccc5ccccc5c4)c23)nc1. The molecule has 3 heteroatoms. The number of nitrogens with zero attached hydrogens (tertiary/aromatic N) is 3. The van der Waals surface area contributed by atoms with Crippen LogP contribution in [0.5, 0.6) is 0 Å². The van der Waals surface area contributed by atoms with E-state index in [1.807, 2.05) is 30.6 Å². The molecule has 0 saturated carbocycles. The highest BCUT2D eigenvalue weighted by molar-refractivity contribution is 6.11. The highest BCUT2D eigenvalue weighted by Gasteiger charge is 2.16. The van der Waals surface area contributed by atoms with Gasteiger partial charge in [0.1, 0.15) is 5.69 Å². The van der Waals surface area contributed by atoms with E-state index in [1.165, 1.54) is 32.6 Å². The van der Waals surface area contributed by atoms with Gasteiger partial charge in [-0.15, -0.1) is 0 Å². The summed E-state index contributed by atoms with van der Waals surface area (Å²) in [6.45, 7) is 0.778. The van der Waals surface area contributed by atoms with Crippen LogP contribution in [0.15, 0.2) is 103 Å². The summed E-state index contributed by atoms with van der Waals surface area (Å²) in [4.78, 5) is 9.32. The first-order valence-corrected chi connectivity index (χ1v) is 10.1. The molecule has 3 heterocycles. The predicted octanol–water partition coefficient (Wildman–Crippen LogP) is 6.45. The molecule has 0 atom stereocenters. The molecule has 0 saturated heterocycles. The van der Waals surface area contributed by atoms with Gasteiger partial charge in [-0.3, -0.25) is 9.97 Å². The fourth-order valence-corrected chi connectivity index (χ4v) is 4.38. The van der Waals surface area contributed by atoms with Gasteiger partial charge in [-0.05, 0) is 46.7 Å². The lowest BCUT2D eigenvalue weighted by molar-refractivity contribution is 0.869. The van der Waals surface area contributed by atoms with Crippen LogP contribution in [0.3, 0.4) is 0 Å². The van der Waals surface area contributed by atoms with Crippen LogP contribution in [-0.4, -0.2) is 14.5 Å². The highest BCUT2D eigenvalue weighted by Crippen LogP contribution is 2.34. The van der Waals surface area contributed by atoms with Gasteiger partial charge in [-0.1, -0.05) is 60.7 Å². The Morgan fingerprint density at radius 1 is 0.633 bits per heavy atom. The third-order valence-electron chi connectivity index (χ3n) is 5.74. The number of aromatic nitrogens is 3. The molecule has 0 bridgehead atoms. The molecular weight excluding hydrogens is 366 g/mol. The third-order valence-corrected chi connectivity index (χ3v) is 5.74. The highest BCUT2D eigenvalue weighted by atomic mass is 15.0. The zero-order chi connectivity index (χ0) is 19.9. The molecule has 0 fully saturated rings. The van der Waals surface area contributed by atoms with Gasteiger partial charge in [0.05, 0.1) is 11.2 Å². The Labute approximate surface area is 174 Å². The van der Waals surface area contributed by atoms with Crippen molar-refractivity contribution in [1.29, 1.82) is 0 Å². The molecule has 6 aromatic rings. The first-order valence-electron chi connectivity index (χ1n) is 10.1. The smallest absolute Gasteiger partial charge is 0.113 e. The summed E-state index contributed by atoms with van der Waals surface area (Å²) >= 11 is 0. The van der Waals surface area contributed by atoms with Crippen molar-refractivity contribution in [2.24, 2.45) is 0 Å². The van der Waals surface area contributed by atoms with E-state index in [1.54, 1.807) is 0 Å². The maximum absolute atomic E-state index is 4.74. The molecule has 0 aliphatic rings. The van der Waals surface area contributed by atoms with Gasteiger partial charge < -0.3 is 4.57 Å². The maximum Gasteiger partial charge on any atom is 0.113 e. The molecule has 30 heavy (non-hydrogen) atoms. The zero-order valence-corrected chi connectivity index (χ0v) is 16.4. The minimum atomic E-state index is 0.778. The number of rotatable bonds is 3. The summed E-state index contributed by atoms with van der Waals surface area (Å²) in [5.74, 6) is 0. The summed E-state index contributed by atoms with van der Waals surface area (Å²) in [5.41, 5.74) is 5.43. The minimum Gasteiger partial charge on any atom is -0.334 e. The molecule has 3 aromatic heterocycles. The summed E-state index contributed by atoms with van der Waals surface area (Å²) < 4.78 is 2.38. The molecular formula is C27H19N3. The van der Waals surface area contributed by atoms with Gasteiger partial charge in [-0.25, -0.2) is 0 Å². The van der Waals surface area contributed by atoms with E-state index < -0.39 is 0 Å². The number of para-hydroxylation sites is 1. The lowest BCUT2D eigenvalue weighted by Gasteiger charge is -2.11. The van der Waals surface area contributed by atoms with Crippen molar-refractivity contribution in [1.82, 2.24) is 14.5 Å². The van der Waals surface area contributed by atoms with E-state index in [2.05, 4.69) is 82.3 Å². The van der Waals surface area contributed by atoms with Gasteiger partial charge in [0.2, 0.25) is 0 Å². The Balaban J connectivity index is 1.63. The van der Waals surface area contributed by atoms with Crippen molar-refractivity contribution in [3.63, 3.8) is 0 Å². The molecule has 3 nitrogen and oxygen atoms in total. The van der Waals surface area contributed by atoms with Crippen LogP contribution in [0.4, 0.5) is 0 Å². The van der Waals surface area contributed by atoms with Crippen LogP contribution < -0.4 is 0 Å². The quantitative estimate of drug-likeness (QED) is 0.350. The average molecular weight is 385 g/mol. The number of benzene rings is 3. The van der Waals surface area contributed by atoms with Gasteiger partial charge in [0.15, 0.2) is 0 Å². The van der Waals surface area contributed by atoms with Crippen LogP contribution in [0.2, 0.25) is 0 Å². The molecule has 3 aromatic carbocycles. The second-order valence-electron chi connectivity index (χ2n) is 7.56. The van der Waals surface area contributed by atoms with E-state index in [-0.39, 0.29) is 0 Å². The van der Waals surface area contributed by atoms with Crippen molar-refractivity contribution in [3.8, 4) is 11.4 Å². The first-order chi connectivity index (χ1) is 14.9. The fourth-order valence-electron chi connectivity index (χ4n) is 4.38. The maximum atomic E-state index is 4.74. The van der Waals surface area contributed by atoms with E-state index in [0.29, 0.717) is 0 Å². The Bertz CT molecular complexity index is 1510. The summed E-state index contributed by atoms with van der Waals surface area (Å²) in [6.07, 6.45) is 3.71. The number of fused-ring (bicyclic) bond motifs is 4. The Morgan fingerprint density at radius 3 is 2.37 bits per heavy atom. The summed E-state index contributed by atoms with van der Waals surface area (Å²) in [7, 11) is 0. The average Bonchev–Trinajstić information content (AvgIpc) is 3.13. The fraction of sp³-hybridized carbons (Fsp3) is 0.0370. The molecule has 0 amide bonds. The largest absolute Gasteiger partial charge is 0.334 e. The minimum absolute atomic E-state index is 0.778.